The van der Waals surface area contributed by atoms with Crippen molar-refractivity contribution in [3.8, 4) is 0 Å². The van der Waals surface area contributed by atoms with E-state index in [-0.39, 0.29) is 0 Å². The van der Waals surface area contributed by atoms with Crippen LogP contribution >= 0.6 is 11.8 Å². The predicted molar refractivity (Wildman–Crippen MR) is 78.6 cm³/mol. The van der Waals surface area contributed by atoms with E-state index in [1.54, 1.807) is 11.8 Å². The van der Waals surface area contributed by atoms with Gasteiger partial charge in [-0.3, -0.25) is 0 Å². The van der Waals surface area contributed by atoms with Crippen molar-refractivity contribution in [1.82, 2.24) is 9.97 Å². The molecule has 1 heterocycles. The molecule has 0 bridgehead atoms. The molecule has 0 radical (unpaired) electrons. The van der Waals surface area contributed by atoms with E-state index in [0.717, 1.165) is 35.8 Å². The smallest absolute Gasteiger partial charge is 0.191 e. The summed E-state index contributed by atoms with van der Waals surface area (Å²) >= 11 is 1.59. The van der Waals surface area contributed by atoms with Crippen LogP contribution in [0, 0.1) is 5.92 Å². The van der Waals surface area contributed by atoms with Gasteiger partial charge in [-0.1, -0.05) is 18.2 Å². The maximum atomic E-state index is 4.62. The number of rotatable bonds is 6. The lowest BCUT2D eigenvalue weighted by molar-refractivity contribution is 0.318. The summed E-state index contributed by atoms with van der Waals surface area (Å²) in [6, 6.07) is 2.04. The summed E-state index contributed by atoms with van der Waals surface area (Å²) in [6.45, 7) is 4.33. The average Bonchev–Trinajstić information content (AvgIpc) is 2.37. The summed E-state index contributed by atoms with van der Waals surface area (Å²) in [5, 5.41) is 3.95. The van der Waals surface area contributed by atoms with Gasteiger partial charge in [0, 0.05) is 26.2 Å². The second-order valence-corrected chi connectivity index (χ2v) is 5.46. The molecule has 0 unspecified atom stereocenters. The minimum absolute atomic E-state index is 0.837. The Balaban J connectivity index is 2.16. The van der Waals surface area contributed by atoms with Crippen molar-refractivity contribution in [3.05, 3.63) is 6.07 Å². The Morgan fingerprint density at radius 3 is 2.72 bits per heavy atom. The van der Waals surface area contributed by atoms with Crippen molar-refractivity contribution < 1.29 is 0 Å². The summed E-state index contributed by atoms with van der Waals surface area (Å²) in [7, 11) is 1.90. The molecule has 1 saturated carbocycles. The van der Waals surface area contributed by atoms with Crippen LogP contribution in [0.5, 0.6) is 0 Å². The summed E-state index contributed by atoms with van der Waals surface area (Å²) < 4.78 is 0. The molecule has 4 nitrogen and oxygen atoms in total. The highest BCUT2D eigenvalue weighted by atomic mass is 32.2. The van der Waals surface area contributed by atoms with Gasteiger partial charge in [0.05, 0.1) is 0 Å². The predicted octanol–water partition coefficient (Wildman–Crippen LogP) is 2.87. The summed E-state index contributed by atoms with van der Waals surface area (Å²) in [5.41, 5.74) is 0. The highest BCUT2D eigenvalue weighted by molar-refractivity contribution is 7.98. The molecule has 0 atom stereocenters. The molecule has 1 aliphatic rings. The van der Waals surface area contributed by atoms with Gasteiger partial charge in [0.25, 0.3) is 0 Å². The first-order valence-corrected chi connectivity index (χ1v) is 7.85. The van der Waals surface area contributed by atoms with E-state index in [4.69, 9.17) is 0 Å². The third kappa shape index (κ3) is 3.07. The van der Waals surface area contributed by atoms with E-state index >= 15 is 0 Å². The Hall–Kier alpha value is -0.970. The lowest BCUT2D eigenvalue weighted by Crippen LogP contribution is -2.33. The molecule has 2 rings (SSSR count). The maximum Gasteiger partial charge on any atom is 0.191 e. The van der Waals surface area contributed by atoms with Crippen LogP contribution in [-0.2, 0) is 0 Å². The molecule has 18 heavy (non-hydrogen) atoms. The Morgan fingerprint density at radius 1 is 1.44 bits per heavy atom. The second-order valence-electron chi connectivity index (χ2n) is 4.68. The van der Waals surface area contributed by atoms with Gasteiger partial charge in [-0.05, 0) is 31.9 Å². The van der Waals surface area contributed by atoms with E-state index in [2.05, 4.69) is 27.1 Å². The molecule has 100 valence electrons. The van der Waals surface area contributed by atoms with Gasteiger partial charge in [0.15, 0.2) is 5.16 Å². The van der Waals surface area contributed by atoms with Crippen LogP contribution in [0.2, 0.25) is 0 Å². The van der Waals surface area contributed by atoms with Gasteiger partial charge in [-0.25, -0.2) is 9.97 Å². The molecule has 0 saturated heterocycles. The second kappa shape index (κ2) is 6.27. The van der Waals surface area contributed by atoms with Gasteiger partial charge < -0.3 is 10.2 Å². The van der Waals surface area contributed by atoms with Crippen LogP contribution in [0.1, 0.15) is 26.2 Å². The van der Waals surface area contributed by atoms with Crippen LogP contribution in [0.15, 0.2) is 11.2 Å². The first-order valence-electron chi connectivity index (χ1n) is 6.62. The molecule has 0 aromatic carbocycles. The molecule has 0 spiro atoms. The fourth-order valence-corrected chi connectivity index (χ4v) is 2.54. The van der Waals surface area contributed by atoms with E-state index < -0.39 is 0 Å². The Morgan fingerprint density at radius 2 is 2.22 bits per heavy atom. The van der Waals surface area contributed by atoms with E-state index in [1.807, 2.05) is 19.4 Å². The van der Waals surface area contributed by atoms with Crippen molar-refractivity contribution in [2.45, 2.75) is 31.3 Å². The zero-order valence-electron chi connectivity index (χ0n) is 11.4. The van der Waals surface area contributed by atoms with Gasteiger partial charge in [0.1, 0.15) is 11.6 Å². The Kier molecular flexibility index (Phi) is 4.69. The summed E-state index contributed by atoms with van der Waals surface area (Å²) in [4.78, 5) is 11.4. The maximum absolute atomic E-state index is 4.62. The number of thioether (sulfide) groups is 1. The fourth-order valence-electron chi connectivity index (χ4n) is 2.17. The summed E-state index contributed by atoms with van der Waals surface area (Å²) in [5.74, 6) is 2.81. The lowest BCUT2D eigenvalue weighted by Gasteiger charge is -2.32. The van der Waals surface area contributed by atoms with E-state index in [1.165, 1.54) is 19.3 Å². The first kappa shape index (κ1) is 13.5. The van der Waals surface area contributed by atoms with Crippen molar-refractivity contribution >= 4 is 23.4 Å². The third-order valence-electron chi connectivity index (χ3n) is 3.54. The average molecular weight is 266 g/mol. The number of aromatic nitrogens is 2. The number of hydrogen-bond donors (Lipinski definition) is 1. The molecular formula is C13H22N4S. The van der Waals surface area contributed by atoms with Crippen molar-refractivity contribution in [2.75, 3.05) is 36.6 Å². The molecule has 0 aliphatic heterocycles. The minimum Gasteiger partial charge on any atom is -0.373 e. The molecule has 1 fully saturated rings. The number of nitrogens with one attached hydrogen (secondary N) is 1. The molecular weight excluding hydrogens is 244 g/mol. The van der Waals surface area contributed by atoms with E-state index in [9.17, 15) is 0 Å². The SMILES string of the molecule is CCN(CC1CCC1)c1cc(NC)nc(SC)n1. The van der Waals surface area contributed by atoms with Crippen molar-refractivity contribution in [2.24, 2.45) is 5.92 Å². The van der Waals surface area contributed by atoms with Crippen LogP contribution in [0.25, 0.3) is 0 Å². The largest absolute Gasteiger partial charge is 0.373 e. The first-order chi connectivity index (χ1) is 8.76. The Bertz CT molecular complexity index is 370. The van der Waals surface area contributed by atoms with Crippen LogP contribution in [0.4, 0.5) is 11.6 Å². The molecule has 0 amide bonds. The minimum atomic E-state index is 0.837. The molecule has 1 N–H and O–H groups in total. The normalized spacial score (nSPS) is 15.3. The summed E-state index contributed by atoms with van der Waals surface area (Å²) in [6.07, 6.45) is 6.15. The lowest BCUT2D eigenvalue weighted by atomic mass is 9.85. The van der Waals surface area contributed by atoms with Gasteiger partial charge in [0.2, 0.25) is 0 Å². The zero-order chi connectivity index (χ0) is 13.0. The van der Waals surface area contributed by atoms with Gasteiger partial charge in [-0.15, -0.1) is 0 Å². The third-order valence-corrected chi connectivity index (χ3v) is 4.09. The van der Waals surface area contributed by atoms with Crippen molar-refractivity contribution in [1.29, 1.82) is 0 Å². The van der Waals surface area contributed by atoms with Crippen LogP contribution in [0.3, 0.4) is 0 Å². The van der Waals surface area contributed by atoms with Crippen LogP contribution in [-0.4, -0.2) is 36.4 Å². The highest BCUT2D eigenvalue weighted by Gasteiger charge is 2.21. The van der Waals surface area contributed by atoms with Gasteiger partial charge >= 0.3 is 0 Å². The number of hydrogen-bond acceptors (Lipinski definition) is 5. The standard InChI is InChI=1S/C13H22N4S/c1-4-17(9-10-6-5-7-10)12-8-11(14-2)15-13(16-12)18-3/h8,10H,4-7,9H2,1-3H3,(H,14,15,16). The molecule has 1 aliphatic carbocycles. The molecule has 5 heteroatoms. The molecule has 1 aromatic heterocycles. The zero-order valence-corrected chi connectivity index (χ0v) is 12.3. The quantitative estimate of drug-likeness (QED) is 0.633. The topological polar surface area (TPSA) is 41.0 Å². The van der Waals surface area contributed by atoms with Gasteiger partial charge in [-0.2, -0.15) is 0 Å². The van der Waals surface area contributed by atoms with Crippen LogP contribution < -0.4 is 10.2 Å². The van der Waals surface area contributed by atoms with Crippen molar-refractivity contribution in [3.63, 3.8) is 0 Å². The fraction of sp³-hybridized carbons (Fsp3) is 0.692. The Labute approximate surface area is 114 Å². The number of anilines is 2. The van der Waals surface area contributed by atoms with E-state index in [0.29, 0.717) is 0 Å². The number of nitrogens with zero attached hydrogens (tertiary/aromatic N) is 3. The highest BCUT2D eigenvalue weighted by Crippen LogP contribution is 2.29. The molecule has 1 aromatic rings. The monoisotopic (exact) mass is 266 g/mol.